The van der Waals surface area contributed by atoms with E-state index in [0.717, 1.165) is 26.5 Å². The van der Waals surface area contributed by atoms with E-state index in [0.29, 0.717) is 13.0 Å². The predicted octanol–water partition coefficient (Wildman–Crippen LogP) is 4.77. The maximum atomic E-state index is 12.1. The second-order valence-corrected chi connectivity index (χ2v) is 6.51. The Labute approximate surface area is 139 Å². The van der Waals surface area contributed by atoms with Crippen LogP contribution in [0.2, 0.25) is 0 Å². The number of benzene rings is 2. The standard InChI is InChI=1S/C18H19FN2OS/c1-21(2)14-6-4-13(5-7-14)18-20-16-9-8-15(12-17(16)23-18)22-11-3-10-19/h4-9,12H,3,10-11H2,1-2H3. The lowest BCUT2D eigenvalue weighted by Gasteiger charge is -2.11. The number of rotatable bonds is 6. The van der Waals surface area contributed by atoms with Crippen LogP contribution < -0.4 is 9.64 Å². The minimum atomic E-state index is -0.351. The molecule has 3 nitrogen and oxygen atoms in total. The van der Waals surface area contributed by atoms with E-state index in [4.69, 9.17) is 4.74 Å². The first-order valence-corrected chi connectivity index (χ1v) is 8.36. The van der Waals surface area contributed by atoms with E-state index in [-0.39, 0.29) is 6.67 Å². The first-order chi connectivity index (χ1) is 11.2. The fourth-order valence-electron chi connectivity index (χ4n) is 2.26. The fraction of sp³-hybridized carbons (Fsp3) is 0.278. The maximum Gasteiger partial charge on any atom is 0.124 e. The minimum absolute atomic E-state index is 0.351. The van der Waals surface area contributed by atoms with Crippen molar-refractivity contribution in [1.82, 2.24) is 4.98 Å². The Balaban J connectivity index is 1.84. The molecule has 0 aliphatic heterocycles. The number of anilines is 1. The molecule has 0 amide bonds. The second kappa shape index (κ2) is 6.96. The molecule has 0 saturated carbocycles. The van der Waals surface area contributed by atoms with E-state index >= 15 is 0 Å². The number of thiazole rings is 1. The van der Waals surface area contributed by atoms with E-state index in [1.807, 2.05) is 32.3 Å². The topological polar surface area (TPSA) is 25.4 Å². The van der Waals surface area contributed by atoms with Crippen LogP contribution >= 0.6 is 11.3 Å². The van der Waals surface area contributed by atoms with Gasteiger partial charge in [-0.1, -0.05) is 0 Å². The zero-order chi connectivity index (χ0) is 16.2. The van der Waals surface area contributed by atoms with Gasteiger partial charge in [0.25, 0.3) is 0 Å². The molecule has 0 saturated heterocycles. The molecule has 1 aromatic heterocycles. The van der Waals surface area contributed by atoms with Crippen LogP contribution in [-0.4, -0.2) is 32.4 Å². The molecule has 2 aromatic carbocycles. The molecule has 0 atom stereocenters. The molecule has 0 aliphatic carbocycles. The Hall–Kier alpha value is -2.14. The summed E-state index contributed by atoms with van der Waals surface area (Å²) in [5.41, 5.74) is 3.23. The van der Waals surface area contributed by atoms with Crippen LogP contribution in [0.1, 0.15) is 6.42 Å². The molecule has 3 rings (SSSR count). The van der Waals surface area contributed by atoms with Crippen molar-refractivity contribution < 1.29 is 9.13 Å². The van der Waals surface area contributed by atoms with Gasteiger partial charge in [0, 0.05) is 31.8 Å². The summed E-state index contributed by atoms with van der Waals surface area (Å²) in [6, 6.07) is 14.2. The van der Waals surface area contributed by atoms with Gasteiger partial charge in [-0.05, 0) is 42.5 Å². The smallest absolute Gasteiger partial charge is 0.124 e. The van der Waals surface area contributed by atoms with Crippen molar-refractivity contribution in [3.05, 3.63) is 42.5 Å². The number of fused-ring (bicyclic) bond motifs is 1. The molecule has 5 heteroatoms. The third kappa shape index (κ3) is 3.62. The predicted molar refractivity (Wildman–Crippen MR) is 95.5 cm³/mol. The molecule has 0 spiro atoms. The highest BCUT2D eigenvalue weighted by atomic mass is 32.1. The van der Waals surface area contributed by atoms with Gasteiger partial charge in [0.05, 0.1) is 23.5 Å². The highest BCUT2D eigenvalue weighted by Gasteiger charge is 2.08. The van der Waals surface area contributed by atoms with Gasteiger partial charge in [-0.3, -0.25) is 4.39 Å². The van der Waals surface area contributed by atoms with Crippen molar-refractivity contribution in [3.63, 3.8) is 0 Å². The van der Waals surface area contributed by atoms with E-state index in [1.165, 1.54) is 5.69 Å². The molecular formula is C18H19FN2OS. The number of halogens is 1. The lowest BCUT2D eigenvalue weighted by molar-refractivity contribution is 0.290. The van der Waals surface area contributed by atoms with Crippen molar-refractivity contribution in [2.75, 3.05) is 32.3 Å². The van der Waals surface area contributed by atoms with Gasteiger partial charge in [-0.2, -0.15) is 0 Å². The van der Waals surface area contributed by atoms with Gasteiger partial charge in [-0.15, -0.1) is 11.3 Å². The first kappa shape index (κ1) is 15.7. The van der Waals surface area contributed by atoms with Gasteiger partial charge in [0.15, 0.2) is 0 Å². The number of hydrogen-bond donors (Lipinski definition) is 0. The Kier molecular flexibility index (Phi) is 4.76. The van der Waals surface area contributed by atoms with Gasteiger partial charge in [0.2, 0.25) is 0 Å². The SMILES string of the molecule is CN(C)c1ccc(-c2nc3ccc(OCCCF)cc3s2)cc1. The average Bonchev–Trinajstić information content (AvgIpc) is 2.98. The number of nitrogens with zero attached hydrogens (tertiary/aromatic N) is 2. The van der Waals surface area contributed by atoms with Crippen LogP contribution in [-0.2, 0) is 0 Å². The molecule has 0 fully saturated rings. The fourth-order valence-corrected chi connectivity index (χ4v) is 3.26. The zero-order valence-corrected chi connectivity index (χ0v) is 14.1. The van der Waals surface area contributed by atoms with Crippen LogP contribution in [0.4, 0.5) is 10.1 Å². The molecule has 23 heavy (non-hydrogen) atoms. The number of hydrogen-bond acceptors (Lipinski definition) is 4. The lowest BCUT2D eigenvalue weighted by Crippen LogP contribution is -2.07. The van der Waals surface area contributed by atoms with E-state index in [1.54, 1.807) is 11.3 Å². The van der Waals surface area contributed by atoms with Gasteiger partial charge in [-0.25, -0.2) is 4.98 Å². The zero-order valence-electron chi connectivity index (χ0n) is 13.3. The van der Waals surface area contributed by atoms with E-state index < -0.39 is 0 Å². The highest BCUT2D eigenvalue weighted by molar-refractivity contribution is 7.21. The van der Waals surface area contributed by atoms with Crippen molar-refractivity contribution >= 4 is 27.2 Å². The van der Waals surface area contributed by atoms with Crippen LogP contribution in [0.25, 0.3) is 20.8 Å². The summed E-state index contributed by atoms with van der Waals surface area (Å²) in [5, 5.41) is 0.992. The normalized spacial score (nSPS) is 10.9. The largest absolute Gasteiger partial charge is 0.493 e. The highest BCUT2D eigenvalue weighted by Crippen LogP contribution is 2.33. The molecule has 0 radical (unpaired) electrons. The summed E-state index contributed by atoms with van der Waals surface area (Å²) in [4.78, 5) is 6.76. The summed E-state index contributed by atoms with van der Waals surface area (Å²) >= 11 is 1.64. The van der Waals surface area contributed by atoms with E-state index in [9.17, 15) is 4.39 Å². The third-order valence-corrected chi connectivity index (χ3v) is 4.60. The number of alkyl halides is 1. The van der Waals surface area contributed by atoms with Crippen LogP contribution in [0.3, 0.4) is 0 Å². The van der Waals surface area contributed by atoms with Crippen LogP contribution in [0.5, 0.6) is 5.75 Å². The van der Waals surface area contributed by atoms with Crippen molar-refractivity contribution in [1.29, 1.82) is 0 Å². The molecule has 0 N–H and O–H groups in total. The van der Waals surface area contributed by atoms with Gasteiger partial charge < -0.3 is 9.64 Å². The average molecular weight is 330 g/mol. The van der Waals surface area contributed by atoms with Crippen LogP contribution in [0.15, 0.2) is 42.5 Å². The monoisotopic (exact) mass is 330 g/mol. The molecule has 0 bridgehead atoms. The summed E-state index contributed by atoms with van der Waals surface area (Å²) in [6.45, 7) is 0.0511. The lowest BCUT2D eigenvalue weighted by atomic mass is 10.2. The molecule has 120 valence electrons. The Morgan fingerprint density at radius 2 is 1.91 bits per heavy atom. The molecule has 0 unspecified atom stereocenters. The number of aromatic nitrogens is 1. The van der Waals surface area contributed by atoms with E-state index in [2.05, 4.69) is 34.1 Å². The van der Waals surface area contributed by atoms with Crippen molar-refractivity contribution in [2.24, 2.45) is 0 Å². The van der Waals surface area contributed by atoms with Crippen LogP contribution in [0, 0.1) is 0 Å². The Bertz CT molecular complexity index is 783. The van der Waals surface area contributed by atoms with Gasteiger partial charge in [0.1, 0.15) is 10.8 Å². The van der Waals surface area contributed by atoms with Gasteiger partial charge >= 0.3 is 0 Å². The molecule has 1 heterocycles. The summed E-state index contributed by atoms with van der Waals surface area (Å²) in [5.74, 6) is 0.768. The van der Waals surface area contributed by atoms with Crippen molar-refractivity contribution in [2.45, 2.75) is 6.42 Å². The molecule has 3 aromatic rings. The summed E-state index contributed by atoms with van der Waals surface area (Å²) in [7, 11) is 4.05. The van der Waals surface area contributed by atoms with Crippen molar-refractivity contribution in [3.8, 4) is 16.3 Å². The Morgan fingerprint density at radius 1 is 1.13 bits per heavy atom. The summed E-state index contributed by atoms with van der Waals surface area (Å²) in [6.07, 6.45) is 0.421. The minimum Gasteiger partial charge on any atom is -0.493 e. The quantitative estimate of drug-likeness (QED) is 0.609. The maximum absolute atomic E-state index is 12.1. The molecule has 0 aliphatic rings. The molecular weight excluding hydrogens is 311 g/mol. The second-order valence-electron chi connectivity index (χ2n) is 5.48. The summed E-state index contributed by atoms with van der Waals surface area (Å²) < 4.78 is 18.8. The Morgan fingerprint density at radius 3 is 2.61 bits per heavy atom. The first-order valence-electron chi connectivity index (χ1n) is 7.54. The number of ether oxygens (including phenoxy) is 1. The third-order valence-electron chi connectivity index (χ3n) is 3.54.